The fourth-order valence-corrected chi connectivity index (χ4v) is 2.86. The van der Waals surface area contributed by atoms with Crippen LogP contribution >= 0.6 is 0 Å². The zero-order valence-corrected chi connectivity index (χ0v) is 13.0. The summed E-state index contributed by atoms with van der Waals surface area (Å²) in [6, 6.07) is 7.64. The summed E-state index contributed by atoms with van der Waals surface area (Å²) in [6.45, 7) is 4.03. The molecule has 0 atom stereocenters. The molecule has 20 heavy (non-hydrogen) atoms. The van der Waals surface area contributed by atoms with Gasteiger partial charge in [-0.05, 0) is 43.6 Å². The maximum Gasteiger partial charge on any atom is 0.211 e. The van der Waals surface area contributed by atoms with E-state index in [1.807, 2.05) is 31.2 Å². The topological polar surface area (TPSA) is 67.4 Å². The Balaban J connectivity index is 2.27. The van der Waals surface area contributed by atoms with Crippen molar-refractivity contribution in [1.29, 1.82) is 0 Å². The maximum atomic E-state index is 11.7. The molecule has 0 heterocycles. The Bertz CT molecular complexity index is 472. The Hall–Kier alpha value is -1.11. The summed E-state index contributed by atoms with van der Waals surface area (Å²) in [7, 11) is -1.54. The van der Waals surface area contributed by atoms with Crippen LogP contribution in [0.25, 0.3) is 0 Å². The van der Waals surface area contributed by atoms with Gasteiger partial charge in [0.05, 0.1) is 12.9 Å². The molecule has 5 nitrogen and oxygen atoms in total. The van der Waals surface area contributed by atoms with Gasteiger partial charge in [-0.1, -0.05) is 19.1 Å². The van der Waals surface area contributed by atoms with Crippen LogP contribution in [0.2, 0.25) is 0 Å². The first kappa shape index (κ1) is 16.9. The third-order valence-electron chi connectivity index (χ3n) is 2.91. The van der Waals surface area contributed by atoms with E-state index in [4.69, 9.17) is 4.74 Å². The number of benzene rings is 1. The molecule has 0 aliphatic heterocycles. The highest BCUT2D eigenvalue weighted by atomic mass is 32.2. The van der Waals surface area contributed by atoms with E-state index in [1.54, 1.807) is 7.11 Å². The zero-order valence-electron chi connectivity index (χ0n) is 12.2. The molecule has 0 fully saturated rings. The predicted molar refractivity (Wildman–Crippen MR) is 81.6 cm³/mol. The van der Waals surface area contributed by atoms with E-state index in [0.29, 0.717) is 19.4 Å². The second kappa shape index (κ2) is 8.94. The fourth-order valence-electron chi connectivity index (χ4n) is 1.78. The van der Waals surface area contributed by atoms with Gasteiger partial charge in [-0.3, -0.25) is 0 Å². The van der Waals surface area contributed by atoms with E-state index in [2.05, 4.69) is 10.0 Å². The molecule has 0 saturated carbocycles. The third kappa shape index (κ3) is 6.88. The van der Waals surface area contributed by atoms with Gasteiger partial charge in [0.15, 0.2) is 0 Å². The molecule has 2 N–H and O–H groups in total. The van der Waals surface area contributed by atoms with Crippen molar-refractivity contribution in [2.24, 2.45) is 0 Å². The molecule has 0 aromatic heterocycles. The van der Waals surface area contributed by atoms with Gasteiger partial charge < -0.3 is 10.1 Å². The van der Waals surface area contributed by atoms with Crippen LogP contribution in [0.3, 0.4) is 0 Å². The van der Waals surface area contributed by atoms with E-state index in [9.17, 15) is 8.42 Å². The van der Waals surface area contributed by atoms with Crippen LogP contribution in [-0.4, -0.2) is 40.9 Å². The lowest BCUT2D eigenvalue weighted by atomic mass is 10.1. The fraction of sp³-hybridized carbons (Fsp3) is 0.571. The van der Waals surface area contributed by atoms with Crippen molar-refractivity contribution in [3.63, 3.8) is 0 Å². The van der Waals surface area contributed by atoms with E-state index in [1.165, 1.54) is 0 Å². The molecule has 1 rings (SSSR count). The normalized spacial score (nSPS) is 11.5. The van der Waals surface area contributed by atoms with E-state index in [-0.39, 0.29) is 5.75 Å². The largest absolute Gasteiger partial charge is 0.497 e. The standard InChI is InChI=1S/C14H24N2O3S/c1-3-15-10-4-12-20(17,18)16-11-9-13-5-7-14(19-2)8-6-13/h5-8,15-16H,3-4,9-12H2,1-2H3. The highest BCUT2D eigenvalue weighted by Gasteiger charge is 2.08. The molecule has 1 aromatic carbocycles. The summed E-state index contributed by atoms with van der Waals surface area (Å²) >= 11 is 0. The van der Waals surface area contributed by atoms with Crippen LogP contribution in [-0.2, 0) is 16.4 Å². The molecule has 0 amide bonds. The first-order valence-corrected chi connectivity index (χ1v) is 8.53. The van der Waals surface area contributed by atoms with Gasteiger partial charge >= 0.3 is 0 Å². The minimum atomic E-state index is -3.16. The molecule has 114 valence electrons. The van der Waals surface area contributed by atoms with Crippen LogP contribution < -0.4 is 14.8 Å². The summed E-state index contributed by atoms with van der Waals surface area (Å²) in [5.41, 5.74) is 1.08. The van der Waals surface area contributed by atoms with Crippen molar-refractivity contribution in [1.82, 2.24) is 10.0 Å². The lowest BCUT2D eigenvalue weighted by molar-refractivity contribution is 0.414. The van der Waals surface area contributed by atoms with Gasteiger partial charge in [-0.25, -0.2) is 13.1 Å². The second-order valence-electron chi connectivity index (χ2n) is 4.52. The third-order valence-corrected chi connectivity index (χ3v) is 4.38. The number of methoxy groups -OCH3 is 1. The highest BCUT2D eigenvalue weighted by Crippen LogP contribution is 2.11. The molecule has 0 bridgehead atoms. The Labute approximate surface area is 121 Å². The number of ether oxygens (including phenoxy) is 1. The van der Waals surface area contributed by atoms with Gasteiger partial charge in [0.1, 0.15) is 5.75 Å². The minimum absolute atomic E-state index is 0.169. The smallest absolute Gasteiger partial charge is 0.211 e. The van der Waals surface area contributed by atoms with E-state index in [0.717, 1.165) is 24.4 Å². The van der Waals surface area contributed by atoms with Crippen molar-refractivity contribution in [2.75, 3.05) is 32.5 Å². The van der Waals surface area contributed by atoms with Gasteiger partial charge in [0.25, 0.3) is 0 Å². The molecule has 0 aliphatic carbocycles. The molecule has 0 unspecified atom stereocenters. The second-order valence-corrected chi connectivity index (χ2v) is 6.44. The van der Waals surface area contributed by atoms with Crippen molar-refractivity contribution in [3.05, 3.63) is 29.8 Å². The van der Waals surface area contributed by atoms with Crippen molar-refractivity contribution in [3.8, 4) is 5.75 Å². The summed E-state index contributed by atoms with van der Waals surface area (Å²) in [5, 5.41) is 3.11. The quantitative estimate of drug-likeness (QED) is 0.636. The van der Waals surface area contributed by atoms with Crippen LogP contribution in [0.15, 0.2) is 24.3 Å². The molecule has 0 radical (unpaired) electrons. The maximum absolute atomic E-state index is 11.7. The predicted octanol–water partition coefficient (Wildman–Crippen LogP) is 1.16. The number of nitrogens with one attached hydrogen (secondary N) is 2. The van der Waals surface area contributed by atoms with E-state index >= 15 is 0 Å². The van der Waals surface area contributed by atoms with Gasteiger partial charge in [-0.2, -0.15) is 0 Å². The zero-order chi connectivity index (χ0) is 14.8. The van der Waals surface area contributed by atoms with Crippen molar-refractivity contribution < 1.29 is 13.2 Å². The lowest BCUT2D eigenvalue weighted by Gasteiger charge is -2.07. The van der Waals surface area contributed by atoms with Crippen molar-refractivity contribution in [2.45, 2.75) is 19.8 Å². The molecule has 6 heteroatoms. The Kier molecular flexibility index (Phi) is 7.58. The average molecular weight is 300 g/mol. The molecular weight excluding hydrogens is 276 g/mol. The molecule has 0 spiro atoms. The van der Waals surface area contributed by atoms with Crippen LogP contribution in [0, 0.1) is 0 Å². The van der Waals surface area contributed by atoms with Crippen LogP contribution in [0.4, 0.5) is 0 Å². The Morgan fingerprint density at radius 2 is 1.85 bits per heavy atom. The first-order valence-electron chi connectivity index (χ1n) is 6.88. The van der Waals surface area contributed by atoms with Gasteiger partial charge in [0.2, 0.25) is 10.0 Å². The Morgan fingerprint density at radius 3 is 2.45 bits per heavy atom. The van der Waals surface area contributed by atoms with Crippen LogP contribution in [0.1, 0.15) is 18.9 Å². The number of rotatable bonds is 10. The average Bonchev–Trinajstić information content (AvgIpc) is 2.44. The highest BCUT2D eigenvalue weighted by molar-refractivity contribution is 7.89. The molecule has 1 aromatic rings. The lowest BCUT2D eigenvalue weighted by Crippen LogP contribution is -2.29. The SMILES string of the molecule is CCNCCCS(=O)(=O)NCCc1ccc(OC)cc1. The first-order chi connectivity index (χ1) is 9.57. The molecule has 0 saturated heterocycles. The number of hydrogen-bond acceptors (Lipinski definition) is 4. The van der Waals surface area contributed by atoms with Gasteiger partial charge in [-0.15, -0.1) is 0 Å². The summed E-state index contributed by atoms with van der Waals surface area (Å²) < 4.78 is 31.2. The number of hydrogen-bond donors (Lipinski definition) is 2. The summed E-state index contributed by atoms with van der Waals surface area (Å²) in [4.78, 5) is 0. The monoisotopic (exact) mass is 300 g/mol. The van der Waals surface area contributed by atoms with Crippen LogP contribution in [0.5, 0.6) is 5.75 Å². The molecule has 0 aliphatic rings. The summed E-state index contributed by atoms with van der Waals surface area (Å²) in [6.07, 6.45) is 1.31. The van der Waals surface area contributed by atoms with E-state index < -0.39 is 10.0 Å². The minimum Gasteiger partial charge on any atom is -0.497 e. The van der Waals surface area contributed by atoms with Gasteiger partial charge in [0, 0.05) is 6.54 Å². The Morgan fingerprint density at radius 1 is 1.15 bits per heavy atom. The molecular formula is C14H24N2O3S. The number of sulfonamides is 1. The van der Waals surface area contributed by atoms with Crippen molar-refractivity contribution >= 4 is 10.0 Å². The summed E-state index contributed by atoms with van der Waals surface area (Å²) in [5.74, 6) is 0.973.